The fourth-order valence-electron chi connectivity index (χ4n) is 2.50. The molecule has 0 aliphatic heterocycles. The standard InChI is InChI=1S/C17H22N2/c1-4-14-7-5-6-8-15(14)13-17(19-3)11-9-16(18-2)10-12-17/h4-11,18-19H,1,12-13H2,2-3H3. The van der Waals surface area contributed by atoms with E-state index >= 15 is 0 Å². The summed E-state index contributed by atoms with van der Waals surface area (Å²) in [6.07, 6.45) is 10.5. The van der Waals surface area contributed by atoms with Crippen LogP contribution in [0.5, 0.6) is 0 Å². The first kappa shape index (κ1) is 13.6. The van der Waals surface area contributed by atoms with Crippen LogP contribution in [0.1, 0.15) is 17.5 Å². The van der Waals surface area contributed by atoms with E-state index in [1.165, 1.54) is 16.8 Å². The molecule has 1 aromatic rings. The lowest BCUT2D eigenvalue weighted by Crippen LogP contribution is -2.44. The van der Waals surface area contributed by atoms with E-state index in [-0.39, 0.29) is 5.54 Å². The van der Waals surface area contributed by atoms with Crippen molar-refractivity contribution in [3.8, 4) is 0 Å². The third kappa shape index (κ3) is 2.96. The number of benzene rings is 1. The Balaban J connectivity index is 2.23. The summed E-state index contributed by atoms with van der Waals surface area (Å²) in [5.41, 5.74) is 3.73. The molecule has 0 bridgehead atoms. The molecule has 1 aromatic carbocycles. The van der Waals surface area contributed by atoms with Crippen molar-refractivity contribution in [2.45, 2.75) is 18.4 Å². The molecular formula is C17H22N2. The molecular weight excluding hydrogens is 232 g/mol. The van der Waals surface area contributed by atoms with Crippen LogP contribution in [0.2, 0.25) is 0 Å². The SMILES string of the molecule is C=Cc1ccccc1CC1(NC)C=CC(NC)=CC1. The summed E-state index contributed by atoms with van der Waals surface area (Å²) >= 11 is 0. The number of nitrogens with one attached hydrogen (secondary N) is 2. The maximum atomic E-state index is 3.90. The molecule has 0 spiro atoms. The summed E-state index contributed by atoms with van der Waals surface area (Å²) in [6.45, 7) is 3.90. The van der Waals surface area contributed by atoms with Crippen LogP contribution >= 0.6 is 0 Å². The Hall–Kier alpha value is -1.80. The average molecular weight is 254 g/mol. The summed E-state index contributed by atoms with van der Waals surface area (Å²) in [4.78, 5) is 0. The van der Waals surface area contributed by atoms with Crippen LogP contribution in [0, 0.1) is 0 Å². The van der Waals surface area contributed by atoms with Crippen molar-refractivity contribution >= 4 is 6.08 Å². The lowest BCUT2D eigenvalue weighted by Gasteiger charge is -2.33. The van der Waals surface area contributed by atoms with Crippen LogP contribution < -0.4 is 10.6 Å². The van der Waals surface area contributed by atoms with Crippen LogP contribution in [0.25, 0.3) is 6.08 Å². The zero-order chi connectivity index (χ0) is 13.7. The van der Waals surface area contributed by atoms with Crippen molar-refractivity contribution in [2.24, 2.45) is 0 Å². The molecule has 2 heteroatoms. The van der Waals surface area contributed by atoms with Gasteiger partial charge >= 0.3 is 0 Å². The Bertz CT molecular complexity index is 514. The minimum atomic E-state index is -0.000532. The molecule has 0 saturated carbocycles. The van der Waals surface area contributed by atoms with Gasteiger partial charge in [0, 0.05) is 18.3 Å². The smallest absolute Gasteiger partial charge is 0.0442 e. The number of hydrogen-bond donors (Lipinski definition) is 2. The van der Waals surface area contributed by atoms with Crippen molar-refractivity contribution in [3.63, 3.8) is 0 Å². The van der Waals surface area contributed by atoms with Gasteiger partial charge in [0.15, 0.2) is 0 Å². The maximum Gasteiger partial charge on any atom is 0.0442 e. The topological polar surface area (TPSA) is 24.1 Å². The van der Waals surface area contributed by atoms with Crippen LogP contribution in [-0.2, 0) is 6.42 Å². The third-order valence-corrected chi connectivity index (χ3v) is 3.84. The predicted molar refractivity (Wildman–Crippen MR) is 82.9 cm³/mol. The summed E-state index contributed by atoms with van der Waals surface area (Å²) in [5, 5.41) is 6.65. The highest BCUT2D eigenvalue weighted by Gasteiger charge is 2.27. The molecule has 1 atom stereocenters. The van der Waals surface area contributed by atoms with E-state index in [1.54, 1.807) is 0 Å². The molecule has 0 radical (unpaired) electrons. The van der Waals surface area contributed by atoms with Gasteiger partial charge in [-0.3, -0.25) is 0 Å². The molecule has 100 valence electrons. The second kappa shape index (κ2) is 5.89. The molecule has 19 heavy (non-hydrogen) atoms. The van der Waals surface area contributed by atoms with Crippen molar-refractivity contribution in [1.29, 1.82) is 0 Å². The monoisotopic (exact) mass is 254 g/mol. The van der Waals surface area contributed by atoms with Gasteiger partial charge in [0.25, 0.3) is 0 Å². The zero-order valence-electron chi connectivity index (χ0n) is 11.7. The lowest BCUT2D eigenvalue weighted by molar-refractivity contribution is 0.432. The van der Waals surface area contributed by atoms with Crippen molar-refractivity contribution in [3.05, 3.63) is 65.9 Å². The average Bonchev–Trinajstić information content (AvgIpc) is 2.48. The quantitative estimate of drug-likeness (QED) is 0.844. The van der Waals surface area contributed by atoms with Gasteiger partial charge < -0.3 is 10.6 Å². The fourth-order valence-corrected chi connectivity index (χ4v) is 2.50. The van der Waals surface area contributed by atoms with Gasteiger partial charge in [0.05, 0.1) is 0 Å². The molecule has 0 amide bonds. The maximum absolute atomic E-state index is 3.90. The van der Waals surface area contributed by atoms with E-state index in [2.05, 4.69) is 59.7 Å². The first-order valence-corrected chi connectivity index (χ1v) is 6.69. The molecule has 0 heterocycles. The summed E-state index contributed by atoms with van der Waals surface area (Å²) in [7, 11) is 3.98. The van der Waals surface area contributed by atoms with Crippen molar-refractivity contribution < 1.29 is 0 Å². The highest BCUT2D eigenvalue weighted by atomic mass is 14.9. The predicted octanol–water partition coefficient (Wildman–Crippen LogP) is 2.89. The van der Waals surface area contributed by atoms with Crippen LogP contribution in [0.4, 0.5) is 0 Å². The van der Waals surface area contributed by atoms with Gasteiger partial charge in [0.2, 0.25) is 0 Å². The van der Waals surface area contributed by atoms with E-state index in [0.29, 0.717) is 0 Å². The molecule has 0 aromatic heterocycles. The van der Waals surface area contributed by atoms with E-state index in [1.807, 2.05) is 20.2 Å². The molecule has 0 fully saturated rings. The van der Waals surface area contributed by atoms with Gasteiger partial charge in [0.1, 0.15) is 0 Å². The number of hydrogen-bond acceptors (Lipinski definition) is 2. The number of rotatable bonds is 5. The fraction of sp³-hybridized carbons (Fsp3) is 0.294. The van der Waals surface area contributed by atoms with Gasteiger partial charge in [-0.25, -0.2) is 0 Å². The molecule has 2 N–H and O–H groups in total. The van der Waals surface area contributed by atoms with Crippen LogP contribution in [-0.4, -0.2) is 19.6 Å². The van der Waals surface area contributed by atoms with Crippen LogP contribution in [0.3, 0.4) is 0 Å². The number of allylic oxidation sites excluding steroid dienone is 1. The van der Waals surface area contributed by atoms with E-state index < -0.39 is 0 Å². The third-order valence-electron chi connectivity index (χ3n) is 3.84. The largest absolute Gasteiger partial charge is 0.388 e. The summed E-state index contributed by atoms with van der Waals surface area (Å²) < 4.78 is 0. The molecule has 2 rings (SSSR count). The van der Waals surface area contributed by atoms with Gasteiger partial charge in [-0.05, 0) is 37.1 Å². The Morgan fingerprint density at radius 3 is 2.68 bits per heavy atom. The second-order valence-corrected chi connectivity index (χ2v) is 4.93. The summed E-state index contributed by atoms with van der Waals surface area (Å²) in [6, 6.07) is 8.45. The minimum Gasteiger partial charge on any atom is -0.388 e. The molecule has 1 aliphatic carbocycles. The van der Waals surface area contributed by atoms with Crippen molar-refractivity contribution in [1.82, 2.24) is 10.6 Å². The number of likely N-dealkylation sites (N-methyl/N-ethyl adjacent to an activating group) is 2. The first-order chi connectivity index (χ1) is 9.23. The normalized spacial score (nSPS) is 21.9. The molecule has 1 unspecified atom stereocenters. The molecule has 2 nitrogen and oxygen atoms in total. The highest BCUT2D eigenvalue weighted by Crippen LogP contribution is 2.26. The van der Waals surface area contributed by atoms with Gasteiger partial charge in [-0.2, -0.15) is 0 Å². The summed E-state index contributed by atoms with van der Waals surface area (Å²) in [5.74, 6) is 0. The Morgan fingerprint density at radius 1 is 1.32 bits per heavy atom. The minimum absolute atomic E-state index is 0.000532. The van der Waals surface area contributed by atoms with Crippen LogP contribution in [0.15, 0.2) is 54.8 Å². The Labute approximate surface area is 115 Å². The van der Waals surface area contributed by atoms with E-state index in [9.17, 15) is 0 Å². The van der Waals surface area contributed by atoms with E-state index in [0.717, 1.165) is 12.8 Å². The molecule has 0 saturated heterocycles. The zero-order valence-corrected chi connectivity index (χ0v) is 11.7. The molecule has 1 aliphatic rings. The van der Waals surface area contributed by atoms with Gasteiger partial charge in [-0.1, -0.05) is 49.1 Å². The second-order valence-electron chi connectivity index (χ2n) is 4.93. The Kier molecular flexibility index (Phi) is 4.23. The first-order valence-electron chi connectivity index (χ1n) is 6.69. The Morgan fingerprint density at radius 2 is 2.11 bits per heavy atom. The van der Waals surface area contributed by atoms with E-state index in [4.69, 9.17) is 0 Å². The van der Waals surface area contributed by atoms with Crippen molar-refractivity contribution in [2.75, 3.05) is 14.1 Å². The highest BCUT2D eigenvalue weighted by molar-refractivity contribution is 5.52. The lowest BCUT2D eigenvalue weighted by atomic mass is 9.83. The van der Waals surface area contributed by atoms with Gasteiger partial charge in [-0.15, -0.1) is 0 Å².